The normalized spacial score (nSPS) is 28.1. The van der Waals surface area contributed by atoms with Gasteiger partial charge in [0.25, 0.3) is 0 Å². The van der Waals surface area contributed by atoms with E-state index in [4.69, 9.17) is 4.74 Å². The van der Waals surface area contributed by atoms with Gasteiger partial charge in [-0.25, -0.2) is 4.79 Å². The fraction of sp³-hybridized carbons (Fsp3) is 0.500. The van der Waals surface area contributed by atoms with E-state index in [2.05, 4.69) is 34.9 Å². The Morgan fingerprint density at radius 3 is 2.77 bits per heavy atom. The van der Waals surface area contributed by atoms with Crippen LogP contribution in [0.1, 0.15) is 43.8 Å². The van der Waals surface area contributed by atoms with Crippen molar-refractivity contribution in [3.63, 3.8) is 0 Å². The quantitative estimate of drug-likeness (QED) is 0.841. The van der Waals surface area contributed by atoms with Gasteiger partial charge in [0.2, 0.25) is 0 Å². The van der Waals surface area contributed by atoms with Crippen LogP contribution in [0.5, 0.6) is 0 Å². The van der Waals surface area contributed by atoms with E-state index in [0.29, 0.717) is 6.61 Å². The SMILES string of the molecule is O=C(N[C@H]1CCO[C@@H](c2ccccc2)C1)N[C@@H]1C=CCCC1. The number of carbonyl (C=O) groups excluding carboxylic acids is 1. The smallest absolute Gasteiger partial charge is 0.315 e. The van der Waals surface area contributed by atoms with Crippen molar-refractivity contribution in [3.8, 4) is 0 Å². The summed E-state index contributed by atoms with van der Waals surface area (Å²) in [5, 5.41) is 6.15. The summed E-state index contributed by atoms with van der Waals surface area (Å²) in [6.07, 6.45) is 9.33. The van der Waals surface area contributed by atoms with Gasteiger partial charge < -0.3 is 15.4 Å². The Balaban J connectivity index is 1.50. The van der Waals surface area contributed by atoms with E-state index in [9.17, 15) is 4.79 Å². The number of amides is 2. The number of nitrogens with one attached hydrogen (secondary N) is 2. The van der Waals surface area contributed by atoms with Gasteiger partial charge in [-0.2, -0.15) is 0 Å². The van der Waals surface area contributed by atoms with Crippen molar-refractivity contribution < 1.29 is 9.53 Å². The maximum absolute atomic E-state index is 12.1. The number of urea groups is 1. The molecule has 1 fully saturated rings. The van der Waals surface area contributed by atoms with Gasteiger partial charge in [0.05, 0.1) is 6.10 Å². The average Bonchev–Trinajstić information content (AvgIpc) is 2.57. The fourth-order valence-corrected chi connectivity index (χ4v) is 3.16. The van der Waals surface area contributed by atoms with E-state index in [1.807, 2.05) is 18.2 Å². The molecule has 1 aromatic carbocycles. The monoisotopic (exact) mass is 300 g/mol. The van der Waals surface area contributed by atoms with Crippen LogP contribution in [0.15, 0.2) is 42.5 Å². The summed E-state index contributed by atoms with van der Waals surface area (Å²) in [4.78, 5) is 12.1. The van der Waals surface area contributed by atoms with Gasteiger partial charge in [0.15, 0.2) is 0 Å². The first-order valence-corrected chi connectivity index (χ1v) is 8.21. The van der Waals surface area contributed by atoms with E-state index in [0.717, 1.165) is 32.1 Å². The van der Waals surface area contributed by atoms with E-state index in [1.54, 1.807) is 0 Å². The largest absolute Gasteiger partial charge is 0.373 e. The van der Waals surface area contributed by atoms with E-state index < -0.39 is 0 Å². The van der Waals surface area contributed by atoms with Crippen LogP contribution >= 0.6 is 0 Å². The molecule has 4 nitrogen and oxygen atoms in total. The highest BCUT2D eigenvalue weighted by atomic mass is 16.5. The maximum Gasteiger partial charge on any atom is 0.315 e. The lowest BCUT2D eigenvalue weighted by atomic mass is 9.97. The van der Waals surface area contributed by atoms with Gasteiger partial charge in [0.1, 0.15) is 0 Å². The Hall–Kier alpha value is -1.81. The second kappa shape index (κ2) is 7.45. The van der Waals surface area contributed by atoms with Crippen LogP contribution in [0.2, 0.25) is 0 Å². The van der Waals surface area contributed by atoms with Crippen molar-refractivity contribution in [2.24, 2.45) is 0 Å². The van der Waals surface area contributed by atoms with Crippen molar-refractivity contribution in [2.45, 2.75) is 50.3 Å². The topological polar surface area (TPSA) is 50.4 Å². The zero-order valence-electron chi connectivity index (χ0n) is 12.8. The second-order valence-corrected chi connectivity index (χ2v) is 6.07. The van der Waals surface area contributed by atoms with Gasteiger partial charge in [-0.05, 0) is 37.7 Å². The first kappa shape index (κ1) is 15.1. The number of rotatable bonds is 3. The van der Waals surface area contributed by atoms with Gasteiger partial charge in [0, 0.05) is 18.7 Å². The minimum absolute atomic E-state index is 0.0599. The molecule has 1 heterocycles. The van der Waals surface area contributed by atoms with Crippen LogP contribution in [-0.4, -0.2) is 24.7 Å². The molecule has 3 rings (SSSR count). The molecular weight excluding hydrogens is 276 g/mol. The highest BCUT2D eigenvalue weighted by molar-refractivity contribution is 5.74. The number of hydrogen-bond acceptors (Lipinski definition) is 2. The first-order valence-electron chi connectivity index (χ1n) is 8.21. The highest BCUT2D eigenvalue weighted by Gasteiger charge is 2.25. The Bertz CT molecular complexity index is 515. The first-order chi connectivity index (χ1) is 10.8. The Kier molecular flexibility index (Phi) is 5.11. The zero-order chi connectivity index (χ0) is 15.2. The molecule has 0 radical (unpaired) electrons. The highest BCUT2D eigenvalue weighted by Crippen LogP contribution is 2.27. The number of hydrogen-bond donors (Lipinski definition) is 2. The molecule has 0 unspecified atom stereocenters. The molecule has 2 N–H and O–H groups in total. The third-order valence-corrected chi connectivity index (χ3v) is 4.36. The molecule has 118 valence electrons. The fourth-order valence-electron chi connectivity index (χ4n) is 3.16. The van der Waals surface area contributed by atoms with E-state index in [-0.39, 0.29) is 24.2 Å². The predicted octanol–water partition coefficient (Wildman–Crippen LogP) is 3.31. The molecule has 1 aliphatic heterocycles. The minimum atomic E-state index is -0.0599. The average molecular weight is 300 g/mol. The standard InChI is InChI=1S/C18H24N2O2/c21-18(19-15-9-5-2-6-10-15)20-16-11-12-22-17(13-16)14-7-3-1-4-8-14/h1,3-5,7-9,15-17H,2,6,10-13H2,(H2,19,20,21)/t15-,16+,17-/m1/s1. The van der Waals surface area contributed by atoms with Crippen molar-refractivity contribution >= 4 is 6.03 Å². The molecule has 0 spiro atoms. The minimum Gasteiger partial charge on any atom is -0.373 e. The van der Waals surface area contributed by atoms with Gasteiger partial charge in [-0.15, -0.1) is 0 Å². The summed E-state index contributed by atoms with van der Waals surface area (Å²) in [7, 11) is 0. The van der Waals surface area contributed by atoms with Crippen LogP contribution in [0.4, 0.5) is 4.79 Å². The number of benzene rings is 1. The lowest BCUT2D eigenvalue weighted by Crippen LogP contribution is -2.48. The summed E-state index contributed by atoms with van der Waals surface area (Å²) in [6.45, 7) is 0.688. The molecule has 4 heteroatoms. The Morgan fingerprint density at radius 1 is 1.14 bits per heavy atom. The third kappa shape index (κ3) is 4.10. The lowest BCUT2D eigenvalue weighted by molar-refractivity contribution is 0.00223. The Labute approximate surface area is 131 Å². The molecule has 1 aliphatic carbocycles. The van der Waals surface area contributed by atoms with Crippen LogP contribution in [0, 0.1) is 0 Å². The van der Waals surface area contributed by atoms with E-state index >= 15 is 0 Å². The summed E-state index contributed by atoms with van der Waals surface area (Å²) < 4.78 is 5.84. The molecular formula is C18H24N2O2. The summed E-state index contributed by atoms with van der Waals surface area (Å²) in [5.74, 6) is 0. The van der Waals surface area contributed by atoms with Crippen molar-refractivity contribution in [3.05, 3.63) is 48.0 Å². The van der Waals surface area contributed by atoms with Gasteiger partial charge >= 0.3 is 6.03 Å². The van der Waals surface area contributed by atoms with Crippen molar-refractivity contribution in [2.75, 3.05) is 6.61 Å². The predicted molar refractivity (Wildman–Crippen MR) is 86.6 cm³/mol. The van der Waals surface area contributed by atoms with Gasteiger partial charge in [-0.1, -0.05) is 42.5 Å². The second-order valence-electron chi connectivity index (χ2n) is 6.07. The van der Waals surface area contributed by atoms with Crippen LogP contribution in [0.25, 0.3) is 0 Å². The van der Waals surface area contributed by atoms with Crippen LogP contribution in [0.3, 0.4) is 0 Å². The molecule has 22 heavy (non-hydrogen) atoms. The molecule has 0 saturated carbocycles. The van der Waals surface area contributed by atoms with Crippen molar-refractivity contribution in [1.29, 1.82) is 0 Å². The third-order valence-electron chi connectivity index (χ3n) is 4.36. The number of ether oxygens (including phenoxy) is 1. The molecule has 3 atom stereocenters. The molecule has 2 amide bonds. The summed E-state index contributed by atoms with van der Waals surface area (Å²) in [5.41, 5.74) is 1.18. The number of allylic oxidation sites excluding steroid dienone is 1. The van der Waals surface area contributed by atoms with Crippen LogP contribution in [-0.2, 0) is 4.74 Å². The van der Waals surface area contributed by atoms with Gasteiger partial charge in [-0.3, -0.25) is 0 Å². The molecule has 1 saturated heterocycles. The molecule has 1 aromatic rings. The zero-order valence-corrected chi connectivity index (χ0v) is 12.8. The Morgan fingerprint density at radius 2 is 2.00 bits per heavy atom. The van der Waals surface area contributed by atoms with Crippen LogP contribution < -0.4 is 10.6 Å². The molecule has 0 aromatic heterocycles. The van der Waals surface area contributed by atoms with E-state index in [1.165, 1.54) is 5.56 Å². The molecule has 2 aliphatic rings. The lowest BCUT2D eigenvalue weighted by Gasteiger charge is -2.31. The summed E-state index contributed by atoms with van der Waals surface area (Å²) >= 11 is 0. The summed E-state index contributed by atoms with van der Waals surface area (Å²) in [6, 6.07) is 10.5. The maximum atomic E-state index is 12.1. The number of carbonyl (C=O) groups is 1. The molecule has 0 bridgehead atoms. The van der Waals surface area contributed by atoms with Crippen molar-refractivity contribution in [1.82, 2.24) is 10.6 Å².